The molecule has 82 valence electrons. The first-order chi connectivity index (χ1) is 7.84. The molecule has 1 aliphatic rings. The van der Waals surface area contributed by atoms with E-state index in [2.05, 4.69) is 25.6 Å². The van der Waals surface area contributed by atoms with E-state index in [0.717, 1.165) is 5.82 Å². The van der Waals surface area contributed by atoms with Crippen LogP contribution in [0.1, 0.15) is 16.3 Å². The molecule has 3 heterocycles. The molecular weight excluding hydrogens is 210 g/mol. The zero-order valence-electron chi connectivity index (χ0n) is 8.37. The van der Waals surface area contributed by atoms with Crippen LogP contribution in [0.2, 0.25) is 0 Å². The van der Waals surface area contributed by atoms with Crippen molar-refractivity contribution < 1.29 is 4.79 Å². The highest BCUT2D eigenvalue weighted by Gasteiger charge is 2.24. The van der Waals surface area contributed by atoms with Gasteiger partial charge >= 0.3 is 0 Å². The number of hydrogen-bond acceptors (Lipinski definition) is 5. The maximum atomic E-state index is 11.9. The molecule has 0 bridgehead atoms. The van der Waals surface area contributed by atoms with Crippen molar-refractivity contribution in [3.05, 3.63) is 24.0 Å². The summed E-state index contributed by atoms with van der Waals surface area (Å²) >= 11 is 0. The van der Waals surface area contributed by atoms with Gasteiger partial charge in [0.2, 0.25) is 0 Å². The van der Waals surface area contributed by atoms with Crippen molar-refractivity contribution in [1.82, 2.24) is 35.1 Å². The summed E-state index contributed by atoms with van der Waals surface area (Å²) in [4.78, 5) is 13.6. The fourth-order valence-electron chi connectivity index (χ4n) is 1.71. The van der Waals surface area contributed by atoms with E-state index in [1.807, 2.05) is 4.57 Å². The number of carbonyl (C=O) groups is 1. The molecule has 0 saturated heterocycles. The van der Waals surface area contributed by atoms with Crippen molar-refractivity contribution in [1.29, 1.82) is 0 Å². The van der Waals surface area contributed by atoms with Crippen LogP contribution in [0.15, 0.2) is 12.5 Å². The Labute approximate surface area is 90.3 Å². The SMILES string of the molecule is O=C(c1cn[nH]n1)N1CCn2cnnc2C1. The number of hydrogen-bond donors (Lipinski definition) is 1. The van der Waals surface area contributed by atoms with Gasteiger partial charge in [-0.1, -0.05) is 0 Å². The van der Waals surface area contributed by atoms with Crippen molar-refractivity contribution in [3.8, 4) is 0 Å². The minimum atomic E-state index is -0.136. The van der Waals surface area contributed by atoms with Gasteiger partial charge in [0.15, 0.2) is 11.5 Å². The number of amides is 1. The summed E-state index contributed by atoms with van der Waals surface area (Å²) in [6, 6.07) is 0. The second-order valence-electron chi connectivity index (χ2n) is 3.52. The molecule has 0 fully saturated rings. The van der Waals surface area contributed by atoms with E-state index in [1.54, 1.807) is 11.2 Å². The predicted molar refractivity (Wildman–Crippen MR) is 51.1 cm³/mol. The molecule has 0 spiro atoms. The summed E-state index contributed by atoms with van der Waals surface area (Å²) in [6.07, 6.45) is 3.09. The Morgan fingerprint density at radius 1 is 1.44 bits per heavy atom. The summed E-state index contributed by atoms with van der Waals surface area (Å²) in [5.74, 6) is 0.658. The fourth-order valence-corrected chi connectivity index (χ4v) is 1.71. The number of aromatic amines is 1. The Balaban J connectivity index is 1.81. The van der Waals surface area contributed by atoms with Gasteiger partial charge in [-0.2, -0.15) is 15.4 Å². The Kier molecular flexibility index (Phi) is 1.92. The van der Waals surface area contributed by atoms with Crippen LogP contribution in [-0.2, 0) is 13.1 Å². The number of nitrogens with one attached hydrogen (secondary N) is 1. The molecule has 0 unspecified atom stereocenters. The zero-order chi connectivity index (χ0) is 11.0. The Bertz CT molecular complexity index is 502. The minimum absolute atomic E-state index is 0.136. The van der Waals surface area contributed by atoms with Crippen LogP contribution in [0.3, 0.4) is 0 Å². The number of aromatic nitrogens is 6. The fraction of sp³-hybridized carbons (Fsp3) is 0.375. The highest BCUT2D eigenvalue weighted by Crippen LogP contribution is 2.11. The first-order valence-electron chi connectivity index (χ1n) is 4.86. The van der Waals surface area contributed by atoms with Gasteiger partial charge in [-0.05, 0) is 0 Å². The maximum Gasteiger partial charge on any atom is 0.276 e. The highest BCUT2D eigenvalue weighted by atomic mass is 16.2. The van der Waals surface area contributed by atoms with E-state index in [4.69, 9.17) is 0 Å². The van der Waals surface area contributed by atoms with Gasteiger partial charge in [0, 0.05) is 13.1 Å². The molecule has 0 saturated carbocycles. The van der Waals surface area contributed by atoms with Crippen molar-refractivity contribution in [2.45, 2.75) is 13.1 Å². The third kappa shape index (κ3) is 1.35. The minimum Gasteiger partial charge on any atom is -0.328 e. The molecule has 2 aromatic heterocycles. The van der Waals surface area contributed by atoms with Gasteiger partial charge in [-0.25, -0.2) is 0 Å². The molecule has 0 aliphatic carbocycles. The second kappa shape index (κ2) is 3.40. The monoisotopic (exact) mass is 219 g/mol. The lowest BCUT2D eigenvalue weighted by Crippen LogP contribution is -2.38. The predicted octanol–water partition coefficient (Wildman–Crippen LogP) is -0.948. The molecular formula is C8H9N7O. The molecule has 0 radical (unpaired) electrons. The summed E-state index contributed by atoms with van der Waals surface area (Å²) in [5, 5.41) is 17.6. The average molecular weight is 219 g/mol. The lowest BCUT2D eigenvalue weighted by Gasteiger charge is -2.26. The van der Waals surface area contributed by atoms with Gasteiger partial charge in [0.25, 0.3) is 5.91 Å². The highest BCUT2D eigenvalue weighted by molar-refractivity contribution is 5.91. The molecule has 8 nitrogen and oxygen atoms in total. The van der Waals surface area contributed by atoms with Gasteiger partial charge < -0.3 is 9.47 Å². The number of carbonyl (C=O) groups excluding carboxylic acids is 1. The molecule has 1 N–H and O–H groups in total. The third-order valence-corrected chi connectivity index (χ3v) is 2.56. The molecule has 0 atom stereocenters. The smallest absolute Gasteiger partial charge is 0.276 e. The Morgan fingerprint density at radius 3 is 3.19 bits per heavy atom. The molecule has 8 heteroatoms. The van der Waals surface area contributed by atoms with Crippen LogP contribution in [0.25, 0.3) is 0 Å². The number of nitrogens with zero attached hydrogens (tertiary/aromatic N) is 6. The van der Waals surface area contributed by atoms with Crippen molar-refractivity contribution in [3.63, 3.8) is 0 Å². The molecule has 16 heavy (non-hydrogen) atoms. The number of H-pyrrole nitrogens is 1. The first-order valence-corrected chi connectivity index (χ1v) is 4.86. The van der Waals surface area contributed by atoms with Crippen LogP contribution in [0.5, 0.6) is 0 Å². The van der Waals surface area contributed by atoms with Crippen LogP contribution < -0.4 is 0 Å². The normalized spacial score (nSPS) is 14.9. The molecule has 1 aliphatic heterocycles. The van der Waals surface area contributed by atoms with Gasteiger partial charge in [0.05, 0.1) is 12.7 Å². The maximum absolute atomic E-state index is 11.9. The van der Waals surface area contributed by atoms with Crippen molar-refractivity contribution in [2.24, 2.45) is 0 Å². The van der Waals surface area contributed by atoms with E-state index in [-0.39, 0.29) is 5.91 Å². The molecule has 3 rings (SSSR count). The topological polar surface area (TPSA) is 92.6 Å². The van der Waals surface area contributed by atoms with Gasteiger partial charge in [0.1, 0.15) is 6.33 Å². The summed E-state index contributed by atoms with van der Waals surface area (Å²) in [6.45, 7) is 1.81. The van der Waals surface area contributed by atoms with E-state index in [9.17, 15) is 4.79 Å². The lowest BCUT2D eigenvalue weighted by molar-refractivity contribution is 0.0701. The molecule has 2 aromatic rings. The quantitative estimate of drug-likeness (QED) is 0.667. The van der Waals surface area contributed by atoms with Crippen LogP contribution in [-0.4, -0.2) is 47.5 Å². The largest absolute Gasteiger partial charge is 0.328 e. The number of fused-ring (bicyclic) bond motifs is 1. The summed E-state index contributed by atoms with van der Waals surface area (Å²) < 4.78 is 1.94. The Hall–Kier alpha value is -2.25. The summed E-state index contributed by atoms with van der Waals surface area (Å²) in [5.41, 5.74) is 0.327. The molecule has 0 aromatic carbocycles. The van der Waals surface area contributed by atoms with Crippen LogP contribution >= 0.6 is 0 Å². The standard InChI is InChI=1S/C8H9N7O/c16-8(6-3-9-13-11-6)14-1-2-15-5-10-12-7(15)4-14/h3,5H,1-2,4H2,(H,9,11,13). The van der Waals surface area contributed by atoms with E-state index in [0.29, 0.717) is 25.3 Å². The van der Waals surface area contributed by atoms with E-state index >= 15 is 0 Å². The number of rotatable bonds is 1. The van der Waals surface area contributed by atoms with E-state index < -0.39 is 0 Å². The zero-order valence-corrected chi connectivity index (χ0v) is 8.37. The third-order valence-electron chi connectivity index (χ3n) is 2.56. The summed E-state index contributed by atoms with van der Waals surface area (Å²) in [7, 11) is 0. The second-order valence-corrected chi connectivity index (χ2v) is 3.52. The van der Waals surface area contributed by atoms with Gasteiger partial charge in [-0.3, -0.25) is 4.79 Å². The van der Waals surface area contributed by atoms with Crippen LogP contribution in [0, 0.1) is 0 Å². The van der Waals surface area contributed by atoms with Crippen molar-refractivity contribution in [2.75, 3.05) is 6.54 Å². The lowest BCUT2D eigenvalue weighted by atomic mass is 10.3. The molecule has 1 amide bonds. The first kappa shape index (κ1) is 9.01. The Morgan fingerprint density at radius 2 is 2.38 bits per heavy atom. The average Bonchev–Trinajstić information content (AvgIpc) is 2.98. The van der Waals surface area contributed by atoms with Crippen LogP contribution in [0.4, 0.5) is 0 Å². The van der Waals surface area contributed by atoms with E-state index in [1.165, 1.54) is 6.20 Å². The van der Waals surface area contributed by atoms with Crippen molar-refractivity contribution >= 4 is 5.91 Å². The van der Waals surface area contributed by atoms with Gasteiger partial charge in [-0.15, -0.1) is 10.2 Å².